The Balaban J connectivity index is 1.65. The Hall–Kier alpha value is -2.70. The molecule has 4 atom stereocenters. The fourth-order valence-electron chi connectivity index (χ4n) is 6.55. The van der Waals surface area contributed by atoms with Gasteiger partial charge in [0, 0.05) is 37.6 Å². The van der Waals surface area contributed by atoms with Crippen LogP contribution in [0.5, 0.6) is 5.19 Å². The lowest BCUT2D eigenvalue weighted by Gasteiger charge is -2.57. The van der Waals surface area contributed by atoms with Crippen molar-refractivity contribution in [2.75, 3.05) is 14.2 Å². The molecule has 3 aliphatic carbocycles. The van der Waals surface area contributed by atoms with Crippen molar-refractivity contribution in [3.05, 3.63) is 82.4 Å². The van der Waals surface area contributed by atoms with Crippen molar-refractivity contribution >= 4 is 17.2 Å². The van der Waals surface area contributed by atoms with Crippen LogP contribution in [-0.2, 0) is 14.9 Å². The van der Waals surface area contributed by atoms with Gasteiger partial charge in [-0.3, -0.25) is 4.79 Å². The Morgan fingerprint density at radius 1 is 1.10 bits per heavy atom. The number of nitrogens with zero attached hydrogens (tertiary/aromatic N) is 2. The molecule has 31 heavy (non-hydrogen) atoms. The van der Waals surface area contributed by atoms with Gasteiger partial charge >= 0.3 is 0 Å². The molecule has 1 aromatic heterocycles. The highest BCUT2D eigenvalue weighted by Crippen LogP contribution is 2.66. The van der Waals surface area contributed by atoms with E-state index in [-0.39, 0.29) is 36.0 Å². The maximum Gasteiger partial charge on any atom is 0.275 e. The van der Waals surface area contributed by atoms with Crippen LogP contribution in [-0.4, -0.2) is 42.3 Å². The van der Waals surface area contributed by atoms with Gasteiger partial charge in [0.05, 0.1) is 17.4 Å². The SMILES string of the molecule is COC(C)C12c3ccccc3C(c3ccccc31)[C@@H]1[C@H]2C(=O)N(C)[C@H]1Oc1nccs1. The molecule has 0 radical (unpaired) electrons. The number of amides is 1. The normalized spacial score (nSPS) is 31.2. The molecule has 1 aliphatic heterocycles. The maximum absolute atomic E-state index is 13.9. The van der Waals surface area contributed by atoms with Gasteiger partial charge in [-0.25, -0.2) is 4.98 Å². The first-order valence-corrected chi connectivity index (χ1v) is 11.5. The minimum Gasteiger partial charge on any atom is -0.445 e. The minimum absolute atomic E-state index is 0.0243. The first kappa shape index (κ1) is 19.0. The molecule has 1 amide bonds. The molecule has 0 spiro atoms. The molecule has 5 nitrogen and oxygen atoms in total. The van der Waals surface area contributed by atoms with Crippen molar-refractivity contribution in [3.8, 4) is 5.19 Å². The molecule has 0 N–H and O–H groups in total. The summed E-state index contributed by atoms with van der Waals surface area (Å²) in [7, 11) is 3.60. The first-order chi connectivity index (χ1) is 15.1. The van der Waals surface area contributed by atoms with E-state index in [1.165, 1.54) is 33.6 Å². The third-order valence-electron chi connectivity index (χ3n) is 7.69. The standard InChI is InChI=1S/C25H24N2O3S/c1-14(29-3)25-17-10-6-4-8-15(17)19(16-9-5-7-11-18(16)25)20-21(25)22(28)27(2)23(20)30-24-26-12-13-31-24/h4-14,19-21,23H,1-3H3/t14?,19?,20-,21+,23+,25?/m1/s1. The Morgan fingerprint density at radius 2 is 1.74 bits per heavy atom. The van der Waals surface area contributed by atoms with E-state index in [9.17, 15) is 4.79 Å². The molecule has 2 heterocycles. The van der Waals surface area contributed by atoms with E-state index in [0.717, 1.165) is 0 Å². The number of hydrogen-bond acceptors (Lipinski definition) is 5. The van der Waals surface area contributed by atoms with Crippen molar-refractivity contribution in [1.29, 1.82) is 0 Å². The Kier molecular flexibility index (Phi) is 4.08. The largest absolute Gasteiger partial charge is 0.445 e. The molecule has 158 valence electrons. The van der Waals surface area contributed by atoms with Gasteiger partial charge in [-0.15, -0.1) is 0 Å². The van der Waals surface area contributed by atoms with E-state index >= 15 is 0 Å². The number of thiazole rings is 1. The Morgan fingerprint density at radius 3 is 2.32 bits per heavy atom. The highest BCUT2D eigenvalue weighted by molar-refractivity contribution is 7.11. The van der Waals surface area contributed by atoms with Gasteiger partial charge in [0.25, 0.3) is 5.19 Å². The second-order valence-corrected chi connectivity index (χ2v) is 9.57. The van der Waals surface area contributed by atoms with E-state index < -0.39 is 5.41 Å². The number of likely N-dealkylation sites (tertiary alicyclic amines) is 1. The molecule has 2 bridgehead atoms. The maximum atomic E-state index is 13.9. The van der Waals surface area contributed by atoms with Crippen molar-refractivity contribution < 1.29 is 14.3 Å². The average Bonchev–Trinajstić information content (AvgIpc) is 3.41. The zero-order valence-electron chi connectivity index (χ0n) is 17.7. The summed E-state index contributed by atoms with van der Waals surface area (Å²) in [5.74, 6) is -0.0809. The van der Waals surface area contributed by atoms with Gasteiger partial charge in [-0.05, 0) is 29.2 Å². The number of rotatable bonds is 4. The molecule has 3 aromatic rings. The van der Waals surface area contributed by atoms with Gasteiger partial charge < -0.3 is 14.4 Å². The summed E-state index contributed by atoms with van der Waals surface area (Å²) in [6.45, 7) is 2.10. The van der Waals surface area contributed by atoms with Crippen LogP contribution in [0.2, 0.25) is 0 Å². The number of methoxy groups -OCH3 is 1. The second kappa shape index (κ2) is 6.65. The van der Waals surface area contributed by atoms with Crippen LogP contribution < -0.4 is 4.74 Å². The number of carbonyl (C=O) groups excluding carboxylic acids is 1. The predicted octanol–water partition coefficient (Wildman–Crippen LogP) is 4.03. The lowest BCUT2D eigenvalue weighted by molar-refractivity contribution is -0.136. The summed E-state index contributed by atoms with van der Waals surface area (Å²) in [5, 5.41) is 2.50. The van der Waals surface area contributed by atoms with Gasteiger partial charge in [0.1, 0.15) is 0 Å². The topological polar surface area (TPSA) is 51.7 Å². The van der Waals surface area contributed by atoms with Gasteiger partial charge in [-0.2, -0.15) is 0 Å². The van der Waals surface area contributed by atoms with Crippen LogP contribution in [0.25, 0.3) is 0 Å². The number of hydrogen-bond donors (Lipinski definition) is 0. The van der Waals surface area contributed by atoms with Crippen LogP contribution in [0, 0.1) is 11.8 Å². The van der Waals surface area contributed by atoms with E-state index in [0.29, 0.717) is 5.19 Å². The minimum atomic E-state index is -0.562. The summed E-state index contributed by atoms with van der Waals surface area (Å²) in [6.07, 6.45) is 1.18. The molecule has 7 rings (SSSR count). The number of carbonyl (C=O) groups is 1. The molecule has 6 heteroatoms. The molecule has 4 aliphatic rings. The molecule has 1 unspecified atom stereocenters. The van der Waals surface area contributed by atoms with Crippen LogP contribution >= 0.6 is 11.3 Å². The van der Waals surface area contributed by atoms with Gasteiger partial charge in [0.15, 0.2) is 6.23 Å². The monoisotopic (exact) mass is 432 g/mol. The number of ether oxygens (including phenoxy) is 2. The first-order valence-electron chi connectivity index (χ1n) is 10.6. The summed E-state index contributed by atoms with van der Waals surface area (Å²) in [6, 6.07) is 17.2. The zero-order chi connectivity index (χ0) is 21.3. The average molecular weight is 433 g/mol. The highest BCUT2D eigenvalue weighted by Gasteiger charge is 2.69. The van der Waals surface area contributed by atoms with E-state index in [2.05, 4.69) is 60.4 Å². The molecule has 2 aromatic carbocycles. The summed E-state index contributed by atoms with van der Waals surface area (Å²) in [4.78, 5) is 20.0. The quantitative estimate of drug-likeness (QED) is 0.625. The molecular formula is C25H24N2O3S. The second-order valence-electron chi connectivity index (χ2n) is 8.71. The van der Waals surface area contributed by atoms with Crippen LogP contribution in [0.4, 0.5) is 0 Å². The summed E-state index contributed by atoms with van der Waals surface area (Å²) in [5.41, 5.74) is 4.43. The zero-order valence-corrected chi connectivity index (χ0v) is 18.5. The number of benzene rings is 2. The van der Waals surface area contributed by atoms with E-state index in [4.69, 9.17) is 9.47 Å². The summed E-state index contributed by atoms with van der Waals surface area (Å²) < 4.78 is 12.4. The lowest BCUT2D eigenvalue weighted by atomic mass is 9.45. The molecule has 1 fully saturated rings. The van der Waals surface area contributed by atoms with Crippen molar-refractivity contribution in [2.24, 2.45) is 11.8 Å². The molecule has 1 saturated heterocycles. The third-order valence-corrected chi connectivity index (χ3v) is 8.36. The predicted molar refractivity (Wildman–Crippen MR) is 118 cm³/mol. The van der Waals surface area contributed by atoms with E-state index in [1.807, 2.05) is 12.4 Å². The fourth-order valence-corrected chi connectivity index (χ4v) is 7.06. The van der Waals surface area contributed by atoms with Crippen LogP contribution in [0.1, 0.15) is 35.1 Å². The van der Waals surface area contributed by atoms with Crippen molar-refractivity contribution in [2.45, 2.75) is 30.6 Å². The molecular weight excluding hydrogens is 408 g/mol. The van der Waals surface area contributed by atoms with Crippen LogP contribution in [0.15, 0.2) is 60.1 Å². The van der Waals surface area contributed by atoms with Crippen LogP contribution in [0.3, 0.4) is 0 Å². The van der Waals surface area contributed by atoms with Gasteiger partial charge in [0.2, 0.25) is 5.91 Å². The third kappa shape index (κ3) is 2.24. The lowest BCUT2D eigenvalue weighted by Crippen LogP contribution is -2.59. The highest BCUT2D eigenvalue weighted by atomic mass is 32.1. The van der Waals surface area contributed by atoms with Gasteiger partial charge in [-0.1, -0.05) is 59.9 Å². The van der Waals surface area contributed by atoms with Crippen molar-refractivity contribution in [1.82, 2.24) is 9.88 Å². The fraction of sp³-hybridized carbons (Fsp3) is 0.360. The smallest absolute Gasteiger partial charge is 0.275 e. The van der Waals surface area contributed by atoms with Crippen molar-refractivity contribution in [3.63, 3.8) is 0 Å². The van der Waals surface area contributed by atoms with E-state index in [1.54, 1.807) is 18.2 Å². The molecule has 0 saturated carbocycles. The Labute approximate surface area is 185 Å². The summed E-state index contributed by atoms with van der Waals surface area (Å²) >= 11 is 1.46. The Bertz CT molecular complexity index is 1110. The number of aromatic nitrogens is 1.